The van der Waals surface area contributed by atoms with Crippen LogP contribution in [0.1, 0.15) is 11.7 Å². The van der Waals surface area contributed by atoms with Crippen LogP contribution in [0.15, 0.2) is 12.3 Å². The maximum Gasteiger partial charge on any atom is 0.131 e. The number of nitrogens with two attached hydrogens (primary N) is 2. The van der Waals surface area contributed by atoms with E-state index in [0.29, 0.717) is 5.56 Å². The van der Waals surface area contributed by atoms with Gasteiger partial charge < -0.3 is 21.7 Å². The molecule has 14 heavy (non-hydrogen) atoms. The second-order valence-corrected chi connectivity index (χ2v) is 3.27. The summed E-state index contributed by atoms with van der Waals surface area (Å²) < 4.78 is 0. The Labute approximate surface area is 86.3 Å². The first-order valence-corrected chi connectivity index (χ1v) is 4.41. The Kier molecular flexibility index (Phi) is 3.65. The minimum Gasteiger partial charge on any atom is -0.398 e. The van der Waals surface area contributed by atoms with Crippen molar-refractivity contribution in [1.29, 1.82) is 0 Å². The van der Waals surface area contributed by atoms with Crippen LogP contribution in [0, 0.1) is 0 Å². The fraction of sp³-hybridized carbons (Fsp3) is 0.375. The third-order valence-electron chi connectivity index (χ3n) is 1.86. The SMILES string of the molecule is NCC(O)C(O)c1cnc(Cl)cc1N. The largest absolute Gasteiger partial charge is 0.398 e. The Hall–Kier alpha value is -0.880. The van der Waals surface area contributed by atoms with E-state index in [0.717, 1.165) is 0 Å². The maximum atomic E-state index is 9.57. The van der Waals surface area contributed by atoms with E-state index >= 15 is 0 Å². The Balaban J connectivity index is 2.95. The number of pyridine rings is 1. The van der Waals surface area contributed by atoms with Gasteiger partial charge in [-0.1, -0.05) is 11.6 Å². The molecule has 0 aliphatic carbocycles. The average molecular weight is 218 g/mol. The Morgan fingerprint density at radius 2 is 2.14 bits per heavy atom. The summed E-state index contributed by atoms with van der Waals surface area (Å²) >= 11 is 5.58. The number of anilines is 1. The summed E-state index contributed by atoms with van der Waals surface area (Å²) in [6, 6.07) is 1.41. The van der Waals surface area contributed by atoms with Gasteiger partial charge >= 0.3 is 0 Å². The van der Waals surface area contributed by atoms with Crippen LogP contribution in [0.5, 0.6) is 0 Å². The number of hydrogen-bond acceptors (Lipinski definition) is 5. The van der Waals surface area contributed by atoms with Gasteiger partial charge in [-0.3, -0.25) is 0 Å². The van der Waals surface area contributed by atoms with E-state index in [-0.39, 0.29) is 17.4 Å². The van der Waals surface area contributed by atoms with Gasteiger partial charge in [0.25, 0.3) is 0 Å². The van der Waals surface area contributed by atoms with Crippen LogP contribution in [0.2, 0.25) is 5.15 Å². The Bertz CT molecular complexity index is 321. The third-order valence-corrected chi connectivity index (χ3v) is 2.07. The quantitative estimate of drug-likeness (QED) is 0.519. The molecular weight excluding hydrogens is 206 g/mol. The number of hydrogen-bond donors (Lipinski definition) is 4. The molecule has 5 nitrogen and oxygen atoms in total. The van der Waals surface area contributed by atoms with E-state index in [9.17, 15) is 10.2 Å². The van der Waals surface area contributed by atoms with Gasteiger partial charge in [-0.25, -0.2) is 4.98 Å². The molecule has 6 heteroatoms. The number of aromatic nitrogens is 1. The van der Waals surface area contributed by atoms with Crippen molar-refractivity contribution < 1.29 is 10.2 Å². The lowest BCUT2D eigenvalue weighted by molar-refractivity contribution is 0.0246. The molecule has 1 rings (SSSR count). The van der Waals surface area contributed by atoms with E-state index in [4.69, 9.17) is 23.1 Å². The first kappa shape index (κ1) is 11.2. The second kappa shape index (κ2) is 4.56. The molecule has 1 heterocycles. The summed E-state index contributed by atoms with van der Waals surface area (Å²) in [6.07, 6.45) is -0.869. The summed E-state index contributed by atoms with van der Waals surface area (Å²) in [4.78, 5) is 3.75. The van der Waals surface area contributed by atoms with Crippen molar-refractivity contribution in [2.45, 2.75) is 12.2 Å². The van der Waals surface area contributed by atoms with Crippen molar-refractivity contribution in [2.75, 3.05) is 12.3 Å². The standard InChI is InChI=1S/C8H12ClN3O2/c9-7-1-5(11)4(3-12-7)8(14)6(13)2-10/h1,3,6,8,13-14H,2,10H2,(H2,11,12). The molecule has 0 aromatic carbocycles. The number of halogens is 1. The molecule has 1 aromatic rings. The molecule has 0 saturated carbocycles. The van der Waals surface area contributed by atoms with Crippen molar-refractivity contribution in [1.82, 2.24) is 4.98 Å². The predicted molar refractivity (Wildman–Crippen MR) is 53.7 cm³/mol. The lowest BCUT2D eigenvalue weighted by Gasteiger charge is -2.17. The smallest absolute Gasteiger partial charge is 0.131 e. The van der Waals surface area contributed by atoms with E-state index in [1.54, 1.807) is 0 Å². The lowest BCUT2D eigenvalue weighted by Crippen LogP contribution is -2.27. The molecule has 0 spiro atoms. The molecule has 0 aliphatic rings. The van der Waals surface area contributed by atoms with Crippen LogP contribution in [-0.2, 0) is 0 Å². The molecule has 0 aliphatic heterocycles. The molecule has 0 fully saturated rings. The summed E-state index contributed by atoms with van der Waals surface area (Å²) in [5, 5.41) is 19.1. The molecule has 0 radical (unpaired) electrons. The molecule has 0 saturated heterocycles. The highest BCUT2D eigenvalue weighted by Crippen LogP contribution is 2.23. The van der Waals surface area contributed by atoms with Crippen LogP contribution in [-0.4, -0.2) is 27.8 Å². The topological polar surface area (TPSA) is 105 Å². The first-order valence-electron chi connectivity index (χ1n) is 4.03. The third kappa shape index (κ3) is 2.33. The number of rotatable bonds is 3. The molecule has 78 valence electrons. The van der Waals surface area contributed by atoms with Crippen LogP contribution >= 0.6 is 11.6 Å². The highest BCUT2D eigenvalue weighted by Gasteiger charge is 2.19. The van der Waals surface area contributed by atoms with Crippen molar-refractivity contribution >= 4 is 17.3 Å². The van der Waals surface area contributed by atoms with Crippen molar-refractivity contribution in [3.05, 3.63) is 23.0 Å². The highest BCUT2D eigenvalue weighted by molar-refractivity contribution is 6.29. The van der Waals surface area contributed by atoms with E-state index in [1.165, 1.54) is 12.3 Å². The van der Waals surface area contributed by atoms with Crippen molar-refractivity contribution in [3.63, 3.8) is 0 Å². The number of aliphatic hydroxyl groups excluding tert-OH is 2. The van der Waals surface area contributed by atoms with E-state index in [1.807, 2.05) is 0 Å². The van der Waals surface area contributed by atoms with Crippen LogP contribution < -0.4 is 11.5 Å². The fourth-order valence-corrected chi connectivity index (χ4v) is 1.20. The Morgan fingerprint density at radius 3 is 2.64 bits per heavy atom. The van der Waals surface area contributed by atoms with E-state index in [2.05, 4.69) is 4.98 Å². The summed E-state index contributed by atoms with van der Waals surface area (Å²) in [5.41, 5.74) is 11.4. The summed E-state index contributed by atoms with van der Waals surface area (Å²) in [6.45, 7) is -0.0523. The van der Waals surface area contributed by atoms with Crippen LogP contribution in [0.25, 0.3) is 0 Å². The second-order valence-electron chi connectivity index (χ2n) is 2.88. The lowest BCUT2D eigenvalue weighted by atomic mass is 10.1. The van der Waals surface area contributed by atoms with Gasteiger partial charge in [-0.05, 0) is 6.07 Å². The average Bonchev–Trinajstić information content (AvgIpc) is 2.15. The van der Waals surface area contributed by atoms with Gasteiger partial charge in [0.15, 0.2) is 0 Å². The van der Waals surface area contributed by atoms with Gasteiger partial charge in [0.2, 0.25) is 0 Å². The minimum atomic E-state index is -1.13. The highest BCUT2D eigenvalue weighted by atomic mass is 35.5. The summed E-state index contributed by atoms with van der Waals surface area (Å²) in [7, 11) is 0. The zero-order valence-corrected chi connectivity index (χ0v) is 8.15. The normalized spacial score (nSPS) is 15.1. The minimum absolute atomic E-state index is 0.0523. The molecule has 2 unspecified atom stereocenters. The number of aliphatic hydroxyl groups is 2. The van der Waals surface area contributed by atoms with Gasteiger partial charge in [0.1, 0.15) is 11.3 Å². The number of nitrogen functional groups attached to an aromatic ring is 1. The zero-order valence-electron chi connectivity index (χ0n) is 7.39. The molecule has 2 atom stereocenters. The monoisotopic (exact) mass is 217 g/mol. The van der Waals surface area contributed by atoms with Crippen molar-refractivity contribution in [3.8, 4) is 0 Å². The summed E-state index contributed by atoms with van der Waals surface area (Å²) in [5.74, 6) is 0. The number of nitrogens with zero attached hydrogens (tertiary/aromatic N) is 1. The van der Waals surface area contributed by atoms with Crippen LogP contribution in [0.4, 0.5) is 5.69 Å². The fourth-order valence-electron chi connectivity index (χ4n) is 1.04. The molecule has 0 bridgehead atoms. The predicted octanol–water partition coefficient (Wildman–Crippen LogP) is -0.330. The van der Waals surface area contributed by atoms with Gasteiger partial charge in [0, 0.05) is 24.0 Å². The van der Waals surface area contributed by atoms with Gasteiger partial charge in [-0.15, -0.1) is 0 Å². The molecular formula is C8H12ClN3O2. The Morgan fingerprint density at radius 1 is 1.50 bits per heavy atom. The van der Waals surface area contributed by atoms with Crippen molar-refractivity contribution in [2.24, 2.45) is 5.73 Å². The van der Waals surface area contributed by atoms with Crippen LogP contribution in [0.3, 0.4) is 0 Å². The molecule has 6 N–H and O–H groups in total. The maximum absolute atomic E-state index is 9.57. The first-order chi connectivity index (χ1) is 6.56. The van der Waals surface area contributed by atoms with E-state index < -0.39 is 12.2 Å². The molecule has 0 amide bonds. The molecule has 1 aromatic heterocycles. The van der Waals surface area contributed by atoms with Gasteiger partial charge in [-0.2, -0.15) is 0 Å². The zero-order chi connectivity index (χ0) is 10.7. The van der Waals surface area contributed by atoms with Gasteiger partial charge in [0.05, 0.1) is 6.10 Å².